The van der Waals surface area contributed by atoms with Gasteiger partial charge in [-0.05, 0) is 64.5 Å². The smallest absolute Gasteiger partial charge is 0.410 e. The molecule has 1 N–H and O–H groups in total. The predicted molar refractivity (Wildman–Crippen MR) is 155 cm³/mol. The first-order valence-electron chi connectivity index (χ1n) is 15.8. The number of hydrogen-bond acceptors (Lipinski definition) is 10. The summed E-state index contributed by atoms with van der Waals surface area (Å²) < 4.78 is 47.0. The Hall–Kier alpha value is -2.47. The summed E-state index contributed by atoms with van der Waals surface area (Å²) in [6, 6.07) is 0. The van der Waals surface area contributed by atoms with Gasteiger partial charge in [-0.15, -0.1) is 0 Å². The molecule has 4 aliphatic rings. The Morgan fingerprint density at radius 3 is 2.27 bits per heavy atom. The summed E-state index contributed by atoms with van der Waals surface area (Å²) in [5, 5.41) is 11.3. The van der Waals surface area contributed by atoms with Crippen molar-refractivity contribution in [1.29, 1.82) is 0 Å². The van der Waals surface area contributed by atoms with E-state index in [4.69, 9.17) is 23.7 Å². The van der Waals surface area contributed by atoms with Crippen molar-refractivity contribution >= 4 is 23.5 Å². The third kappa shape index (κ3) is 5.17. The largest absolute Gasteiger partial charge is 0.457 e. The van der Waals surface area contributed by atoms with Crippen LogP contribution in [0.2, 0.25) is 0 Å². The Balaban J connectivity index is 1.92. The number of aliphatic hydroxyl groups is 1. The summed E-state index contributed by atoms with van der Waals surface area (Å²) in [7, 11) is 0. The van der Waals surface area contributed by atoms with Crippen LogP contribution < -0.4 is 0 Å². The molecule has 11 heteroatoms. The molecule has 8 atom stereocenters. The van der Waals surface area contributed by atoms with Gasteiger partial charge in [0, 0.05) is 35.5 Å². The SMILES string of the molecule is CCOC(O)(OCC)O[C@H]1C[C@@]2(C)[C@@H](C[C@H](C)[C@]2(OC(=O)CC)C(=O)COC(=O)CC)[C@@H]2CCC3=CC(=O)C=C[C@]3(C)C12F. The summed E-state index contributed by atoms with van der Waals surface area (Å²) in [5.41, 5.74) is -5.84. The van der Waals surface area contributed by atoms with Crippen molar-refractivity contribution in [2.24, 2.45) is 28.6 Å². The summed E-state index contributed by atoms with van der Waals surface area (Å²) in [4.78, 5) is 51.7. The quantitative estimate of drug-likeness (QED) is 0.245. The number of allylic oxidation sites excluding steroid dienone is 4. The van der Waals surface area contributed by atoms with E-state index in [9.17, 15) is 24.3 Å². The van der Waals surface area contributed by atoms with Crippen LogP contribution in [0.4, 0.5) is 4.39 Å². The number of ether oxygens (including phenoxy) is 5. The number of rotatable bonds is 12. The minimum absolute atomic E-state index is 0.00682. The lowest BCUT2D eigenvalue weighted by atomic mass is 9.44. The summed E-state index contributed by atoms with van der Waals surface area (Å²) >= 11 is 0. The van der Waals surface area contributed by atoms with Crippen molar-refractivity contribution in [3.8, 4) is 0 Å². The molecule has 3 saturated carbocycles. The molecule has 0 spiro atoms. The Kier molecular flexibility index (Phi) is 9.68. The Labute approximate surface area is 258 Å². The number of hydrogen-bond donors (Lipinski definition) is 1. The number of alkyl halides is 1. The van der Waals surface area contributed by atoms with Gasteiger partial charge in [-0.3, -0.25) is 23.9 Å². The zero-order chi connectivity index (χ0) is 32.7. The molecule has 0 aliphatic heterocycles. The first kappa shape index (κ1) is 34.4. The van der Waals surface area contributed by atoms with Gasteiger partial charge in [0.05, 0.1) is 13.2 Å². The topological polar surface area (TPSA) is 135 Å². The standard InChI is InChI=1S/C33H47FO10/c1-8-27(37)40-19-25(36)32(44-28(38)9-2)20(5)16-24-23-13-12-21-17-22(35)14-15-29(21,6)31(23,34)26(18-30(24,32)7)43-33(39,41-10-3)42-11-4/h14-15,17,20,23-24,26,39H,8-13,16,18-19H2,1-7H3/t20-,23-,24-,26-,29-,30-,31?,32-/m0/s1. The molecular weight excluding hydrogens is 575 g/mol. The molecule has 4 rings (SSSR count). The predicted octanol–water partition coefficient (Wildman–Crippen LogP) is 4.52. The molecule has 0 heterocycles. The minimum Gasteiger partial charge on any atom is -0.457 e. The second kappa shape index (κ2) is 12.4. The van der Waals surface area contributed by atoms with Crippen LogP contribution in [0.1, 0.15) is 87.0 Å². The van der Waals surface area contributed by atoms with Gasteiger partial charge >= 0.3 is 18.1 Å². The van der Waals surface area contributed by atoms with Gasteiger partial charge in [-0.25, -0.2) is 4.39 Å². The van der Waals surface area contributed by atoms with E-state index < -0.39 is 76.4 Å². The number of fused-ring (bicyclic) bond motifs is 5. The van der Waals surface area contributed by atoms with Gasteiger partial charge in [0.1, 0.15) is 6.10 Å². The second-order valence-corrected chi connectivity index (χ2v) is 12.9. The average molecular weight is 623 g/mol. The molecule has 4 aliphatic carbocycles. The number of Topliss-reactive ketones (excluding diaryl/α,β-unsaturated/α-hetero) is 1. The van der Waals surface area contributed by atoms with Crippen LogP contribution in [0, 0.1) is 28.6 Å². The lowest BCUT2D eigenvalue weighted by Crippen LogP contribution is -2.71. The van der Waals surface area contributed by atoms with Gasteiger partial charge in [0.2, 0.25) is 5.78 Å². The lowest BCUT2D eigenvalue weighted by molar-refractivity contribution is -0.505. The van der Waals surface area contributed by atoms with Gasteiger partial charge in [-0.1, -0.05) is 39.3 Å². The van der Waals surface area contributed by atoms with E-state index >= 15 is 4.39 Å². The van der Waals surface area contributed by atoms with E-state index in [1.807, 2.05) is 0 Å². The minimum atomic E-state index is -2.61. The number of carbonyl (C=O) groups excluding carboxylic acids is 4. The van der Waals surface area contributed by atoms with Gasteiger partial charge < -0.3 is 24.1 Å². The first-order chi connectivity index (χ1) is 20.6. The summed E-state index contributed by atoms with van der Waals surface area (Å²) in [5.74, 6) is -3.78. The maximum absolute atomic E-state index is 18.5. The number of carbonyl (C=O) groups is 4. The molecule has 10 nitrogen and oxygen atoms in total. The average Bonchev–Trinajstić information content (AvgIpc) is 3.18. The fraction of sp³-hybridized carbons (Fsp3) is 0.758. The van der Waals surface area contributed by atoms with Crippen molar-refractivity contribution < 1.29 is 52.4 Å². The van der Waals surface area contributed by atoms with Crippen LogP contribution >= 0.6 is 0 Å². The molecule has 0 bridgehead atoms. The molecule has 1 unspecified atom stereocenters. The third-order valence-electron chi connectivity index (χ3n) is 10.7. The highest BCUT2D eigenvalue weighted by atomic mass is 19.1. The zero-order valence-corrected chi connectivity index (χ0v) is 26.9. The van der Waals surface area contributed by atoms with E-state index in [1.165, 1.54) is 12.2 Å². The highest BCUT2D eigenvalue weighted by Crippen LogP contribution is 2.72. The van der Waals surface area contributed by atoms with Crippen molar-refractivity contribution in [1.82, 2.24) is 0 Å². The van der Waals surface area contributed by atoms with Gasteiger partial charge in [0.15, 0.2) is 23.7 Å². The highest BCUT2D eigenvalue weighted by molar-refractivity contribution is 6.01. The molecule has 0 radical (unpaired) electrons. The van der Waals surface area contributed by atoms with Crippen molar-refractivity contribution in [2.75, 3.05) is 19.8 Å². The first-order valence-corrected chi connectivity index (χ1v) is 15.8. The van der Waals surface area contributed by atoms with Crippen LogP contribution in [-0.2, 0) is 42.9 Å². The molecule has 246 valence electrons. The van der Waals surface area contributed by atoms with Crippen LogP contribution in [-0.4, -0.2) is 72.0 Å². The summed E-state index contributed by atoms with van der Waals surface area (Å²) in [6.45, 7) is 11.2. The van der Waals surface area contributed by atoms with Crippen LogP contribution in [0.5, 0.6) is 0 Å². The number of halogens is 1. The van der Waals surface area contributed by atoms with Crippen LogP contribution in [0.3, 0.4) is 0 Å². The molecular formula is C33H47FO10. The Bertz CT molecular complexity index is 1220. The molecule has 0 amide bonds. The van der Waals surface area contributed by atoms with Gasteiger partial charge in [-0.2, -0.15) is 0 Å². The van der Waals surface area contributed by atoms with Crippen molar-refractivity contribution in [3.63, 3.8) is 0 Å². The van der Waals surface area contributed by atoms with E-state index in [1.54, 1.807) is 54.5 Å². The number of esters is 2. The maximum atomic E-state index is 18.5. The maximum Gasteiger partial charge on any atom is 0.410 e. The van der Waals surface area contributed by atoms with Crippen LogP contribution in [0.15, 0.2) is 23.8 Å². The van der Waals surface area contributed by atoms with E-state index in [0.29, 0.717) is 24.8 Å². The fourth-order valence-corrected chi connectivity index (χ4v) is 8.75. The van der Waals surface area contributed by atoms with Crippen molar-refractivity contribution in [2.45, 2.75) is 111 Å². The van der Waals surface area contributed by atoms with E-state index in [0.717, 1.165) is 0 Å². The Morgan fingerprint density at radius 2 is 1.68 bits per heavy atom. The van der Waals surface area contributed by atoms with E-state index in [2.05, 4.69) is 0 Å². The highest BCUT2D eigenvalue weighted by Gasteiger charge is 2.78. The van der Waals surface area contributed by atoms with E-state index in [-0.39, 0.29) is 38.3 Å². The zero-order valence-electron chi connectivity index (χ0n) is 26.9. The molecule has 3 fully saturated rings. The van der Waals surface area contributed by atoms with Crippen molar-refractivity contribution in [3.05, 3.63) is 23.8 Å². The van der Waals surface area contributed by atoms with Gasteiger partial charge in [0.25, 0.3) is 0 Å². The lowest BCUT2D eigenvalue weighted by Gasteiger charge is -2.63. The second-order valence-electron chi connectivity index (χ2n) is 12.9. The molecule has 0 aromatic heterocycles. The Morgan fingerprint density at radius 1 is 1.05 bits per heavy atom. The molecule has 0 aromatic carbocycles. The summed E-state index contributed by atoms with van der Waals surface area (Å²) in [6.07, 6.45) is 1.33. The third-order valence-corrected chi connectivity index (χ3v) is 10.7. The molecule has 0 saturated heterocycles. The molecule has 0 aromatic rings. The molecule has 44 heavy (non-hydrogen) atoms. The fourth-order valence-electron chi connectivity index (χ4n) is 8.75. The van der Waals surface area contributed by atoms with Crippen LogP contribution in [0.25, 0.3) is 0 Å². The normalized spacial score (nSPS) is 37.8. The monoisotopic (exact) mass is 622 g/mol. The number of ketones is 2.